The highest BCUT2D eigenvalue weighted by atomic mass is 19.1. The van der Waals surface area contributed by atoms with Crippen LogP contribution in [0.15, 0.2) is 30.5 Å². The predicted molar refractivity (Wildman–Crippen MR) is 123 cm³/mol. The third-order valence-corrected chi connectivity index (χ3v) is 6.86. The number of aryl methyl sites for hydroxylation is 1. The van der Waals surface area contributed by atoms with Gasteiger partial charge in [-0.05, 0) is 57.2 Å². The van der Waals surface area contributed by atoms with E-state index in [1.807, 2.05) is 21.7 Å². The first-order valence-electron chi connectivity index (χ1n) is 11.6. The lowest BCUT2D eigenvalue weighted by Gasteiger charge is -2.34. The fourth-order valence-electron chi connectivity index (χ4n) is 5.20. The lowest BCUT2D eigenvalue weighted by molar-refractivity contribution is 0.0601. The largest absolute Gasteiger partial charge is 0.356 e. The third kappa shape index (κ3) is 3.42. The summed E-state index contributed by atoms with van der Waals surface area (Å²) < 4.78 is 15.7. The molecule has 33 heavy (non-hydrogen) atoms. The lowest BCUT2D eigenvalue weighted by Crippen LogP contribution is -2.39. The first-order chi connectivity index (χ1) is 16.1. The Balaban J connectivity index is 1.36. The van der Waals surface area contributed by atoms with E-state index in [0.29, 0.717) is 17.4 Å². The van der Waals surface area contributed by atoms with Crippen LogP contribution in [0.1, 0.15) is 59.9 Å². The maximum Gasteiger partial charge on any atom is 0.275 e. The summed E-state index contributed by atoms with van der Waals surface area (Å²) in [7, 11) is 0. The van der Waals surface area contributed by atoms with Crippen molar-refractivity contribution in [3.63, 3.8) is 0 Å². The normalized spacial score (nSPS) is 19.2. The molecule has 0 saturated carbocycles. The minimum Gasteiger partial charge on any atom is -0.356 e. The van der Waals surface area contributed by atoms with Gasteiger partial charge in [0, 0.05) is 42.8 Å². The number of hydrogen-bond donors (Lipinski definition) is 1. The van der Waals surface area contributed by atoms with Crippen LogP contribution in [0.25, 0.3) is 16.6 Å². The van der Waals surface area contributed by atoms with Gasteiger partial charge >= 0.3 is 0 Å². The van der Waals surface area contributed by atoms with Gasteiger partial charge in [0.15, 0.2) is 11.3 Å². The zero-order chi connectivity index (χ0) is 22.5. The number of H-pyrrole nitrogens is 1. The maximum atomic E-state index is 13.8. The zero-order valence-corrected chi connectivity index (χ0v) is 18.6. The number of rotatable bonds is 3. The van der Waals surface area contributed by atoms with E-state index in [1.165, 1.54) is 25.0 Å². The molecular weight excluding hydrogens is 421 g/mol. The van der Waals surface area contributed by atoms with Gasteiger partial charge in [0.2, 0.25) is 0 Å². The van der Waals surface area contributed by atoms with Gasteiger partial charge in [-0.25, -0.2) is 13.9 Å². The third-order valence-electron chi connectivity index (χ3n) is 6.86. The monoisotopic (exact) mass is 447 g/mol. The Kier molecular flexibility index (Phi) is 4.78. The van der Waals surface area contributed by atoms with E-state index >= 15 is 0 Å². The maximum absolute atomic E-state index is 13.8. The fourth-order valence-corrected chi connectivity index (χ4v) is 5.20. The minimum atomic E-state index is -0.385. The Labute approximate surface area is 190 Å². The average Bonchev–Trinajstić information content (AvgIpc) is 3.57. The number of fused-ring (bicyclic) bond motifs is 2. The number of halogens is 1. The van der Waals surface area contributed by atoms with Gasteiger partial charge in [-0.3, -0.25) is 9.89 Å². The molecular formula is C24H26FN7O. The van der Waals surface area contributed by atoms with E-state index in [-0.39, 0.29) is 23.5 Å². The van der Waals surface area contributed by atoms with Crippen LogP contribution in [0.2, 0.25) is 0 Å². The van der Waals surface area contributed by atoms with E-state index in [9.17, 15) is 9.18 Å². The molecule has 9 heteroatoms. The second kappa shape index (κ2) is 7.83. The lowest BCUT2D eigenvalue weighted by atomic mass is 9.98. The van der Waals surface area contributed by atoms with Crippen molar-refractivity contribution in [3.8, 4) is 0 Å². The van der Waals surface area contributed by atoms with Crippen LogP contribution in [0.4, 0.5) is 10.2 Å². The summed E-state index contributed by atoms with van der Waals surface area (Å²) in [5.41, 5.74) is 3.63. The Bertz CT molecular complexity index is 1350. The van der Waals surface area contributed by atoms with Gasteiger partial charge in [0.25, 0.3) is 5.91 Å². The van der Waals surface area contributed by atoms with E-state index in [2.05, 4.69) is 22.0 Å². The minimum absolute atomic E-state index is 0.163. The van der Waals surface area contributed by atoms with E-state index in [4.69, 9.17) is 10.1 Å². The van der Waals surface area contributed by atoms with Gasteiger partial charge in [-0.15, -0.1) is 0 Å². The summed E-state index contributed by atoms with van der Waals surface area (Å²) in [6.45, 7) is 4.76. The molecule has 0 aliphatic carbocycles. The zero-order valence-electron chi connectivity index (χ0n) is 18.6. The standard InChI is InChI=1S/C24H26FN7O/c1-15-14-32-21(26-23(15)30-9-4-5-10-30)13-19(29-32)20-6-2-3-11-31(20)24(33)22-17-12-16(25)7-8-18(17)27-28-22/h7-8,12-14,20H,2-6,9-11H2,1H3,(H,27,28). The number of amides is 1. The smallest absolute Gasteiger partial charge is 0.275 e. The van der Waals surface area contributed by atoms with E-state index < -0.39 is 0 Å². The summed E-state index contributed by atoms with van der Waals surface area (Å²) in [4.78, 5) is 22.6. The summed E-state index contributed by atoms with van der Waals surface area (Å²) in [6, 6.07) is 6.17. The number of aromatic amines is 1. The van der Waals surface area contributed by atoms with Crippen LogP contribution >= 0.6 is 0 Å². The molecule has 0 bridgehead atoms. The van der Waals surface area contributed by atoms with E-state index in [0.717, 1.165) is 55.1 Å². The summed E-state index contributed by atoms with van der Waals surface area (Å²) >= 11 is 0. The number of piperidine rings is 1. The molecule has 2 aliphatic heterocycles. The van der Waals surface area contributed by atoms with Gasteiger partial charge < -0.3 is 9.80 Å². The van der Waals surface area contributed by atoms with Crippen LogP contribution in [-0.4, -0.2) is 55.2 Å². The van der Waals surface area contributed by atoms with Crippen molar-refractivity contribution in [2.75, 3.05) is 24.5 Å². The quantitative estimate of drug-likeness (QED) is 0.513. The van der Waals surface area contributed by atoms with E-state index in [1.54, 1.807) is 6.07 Å². The number of hydrogen-bond acceptors (Lipinski definition) is 5. The molecule has 0 radical (unpaired) electrons. The van der Waals surface area contributed by atoms with Gasteiger partial charge in [-0.2, -0.15) is 10.2 Å². The molecule has 2 fully saturated rings. The van der Waals surface area contributed by atoms with Gasteiger partial charge in [-0.1, -0.05) is 0 Å². The number of nitrogens with one attached hydrogen (secondary N) is 1. The second-order valence-electron chi connectivity index (χ2n) is 9.09. The number of benzene rings is 1. The van der Waals surface area contributed by atoms with Crippen molar-refractivity contribution in [2.45, 2.75) is 45.1 Å². The second-order valence-corrected chi connectivity index (χ2v) is 9.09. The molecule has 5 heterocycles. The van der Waals surface area contributed by atoms with Gasteiger partial charge in [0.05, 0.1) is 17.3 Å². The van der Waals surface area contributed by atoms with Crippen molar-refractivity contribution in [3.05, 3.63) is 53.2 Å². The Morgan fingerprint density at radius 1 is 1.12 bits per heavy atom. The fraction of sp³-hybridized carbons (Fsp3) is 0.417. The number of carbonyl (C=O) groups excluding carboxylic acids is 1. The molecule has 1 atom stereocenters. The predicted octanol–water partition coefficient (Wildman–Crippen LogP) is 4.02. The SMILES string of the molecule is Cc1cn2nc(C3CCCCN3C(=O)c3n[nH]c4ccc(F)cc34)cc2nc1N1CCCC1. The number of likely N-dealkylation sites (tertiary alicyclic amines) is 1. The highest BCUT2D eigenvalue weighted by molar-refractivity contribution is 6.04. The Morgan fingerprint density at radius 2 is 1.94 bits per heavy atom. The van der Waals surface area contributed by atoms with Crippen molar-refractivity contribution < 1.29 is 9.18 Å². The number of anilines is 1. The molecule has 3 aromatic heterocycles. The van der Waals surface area contributed by atoms with Crippen molar-refractivity contribution in [1.29, 1.82) is 0 Å². The molecule has 1 N–H and O–H groups in total. The molecule has 1 amide bonds. The highest BCUT2D eigenvalue weighted by Gasteiger charge is 2.33. The molecule has 2 saturated heterocycles. The number of carbonyl (C=O) groups is 1. The highest BCUT2D eigenvalue weighted by Crippen LogP contribution is 2.33. The van der Waals surface area contributed by atoms with Crippen molar-refractivity contribution in [1.82, 2.24) is 29.7 Å². The molecule has 1 unspecified atom stereocenters. The van der Waals surface area contributed by atoms with Crippen LogP contribution in [-0.2, 0) is 0 Å². The van der Waals surface area contributed by atoms with Crippen molar-refractivity contribution in [2.24, 2.45) is 0 Å². The summed E-state index contributed by atoms with van der Waals surface area (Å²) in [5.74, 6) is 0.437. The Morgan fingerprint density at radius 3 is 2.79 bits per heavy atom. The van der Waals surface area contributed by atoms with Gasteiger partial charge in [0.1, 0.15) is 11.6 Å². The molecule has 1 aromatic carbocycles. The van der Waals surface area contributed by atoms with Crippen LogP contribution in [0, 0.1) is 12.7 Å². The average molecular weight is 448 g/mol. The molecule has 0 spiro atoms. The van der Waals surface area contributed by atoms with Crippen molar-refractivity contribution >= 4 is 28.3 Å². The number of nitrogens with zero attached hydrogens (tertiary/aromatic N) is 6. The van der Waals surface area contributed by atoms with Crippen LogP contribution in [0.5, 0.6) is 0 Å². The molecule has 4 aromatic rings. The molecule has 170 valence electrons. The molecule has 2 aliphatic rings. The first kappa shape index (κ1) is 20.1. The first-order valence-corrected chi connectivity index (χ1v) is 11.6. The van der Waals surface area contributed by atoms with Crippen LogP contribution < -0.4 is 4.90 Å². The number of aromatic nitrogens is 5. The van der Waals surface area contributed by atoms with Crippen LogP contribution in [0.3, 0.4) is 0 Å². The Hall–Kier alpha value is -3.49. The summed E-state index contributed by atoms with van der Waals surface area (Å²) in [6.07, 6.45) is 7.18. The summed E-state index contributed by atoms with van der Waals surface area (Å²) in [5, 5.41) is 12.4. The molecule has 8 nitrogen and oxygen atoms in total. The topological polar surface area (TPSA) is 82.4 Å². The molecule has 6 rings (SSSR count).